The van der Waals surface area contributed by atoms with Gasteiger partial charge in [0.15, 0.2) is 0 Å². The average molecular weight is 392 g/mol. The molecule has 0 bridgehead atoms. The van der Waals surface area contributed by atoms with E-state index in [9.17, 15) is 9.59 Å². The van der Waals surface area contributed by atoms with Crippen molar-refractivity contribution in [1.29, 1.82) is 0 Å². The molecule has 4 rings (SSSR count). The van der Waals surface area contributed by atoms with Crippen molar-refractivity contribution < 1.29 is 9.59 Å². The molecule has 0 saturated carbocycles. The quantitative estimate of drug-likeness (QED) is 0.805. The SMILES string of the molecule is Cc1ccc(CN2C[C@@H](C(=O)N3CCN(c4ccccc4C)CC3)CC2=O)cc1. The van der Waals surface area contributed by atoms with Crippen LogP contribution in [0.2, 0.25) is 0 Å². The molecule has 2 fully saturated rings. The second-order valence-electron chi connectivity index (χ2n) is 8.26. The molecule has 2 aliphatic heterocycles. The Balaban J connectivity index is 1.33. The van der Waals surface area contributed by atoms with Crippen LogP contribution in [0.3, 0.4) is 0 Å². The molecule has 0 spiro atoms. The number of likely N-dealkylation sites (tertiary alicyclic amines) is 1. The molecule has 2 heterocycles. The standard InChI is InChI=1S/C24H29N3O2/c1-18-7-9-20(10-8-18)16-27-17-21(15-23(27)28)24(29)26-13-11-25(12-14-26)22-6-4-3-5-19(22)2/h3-10,21H,11-17H2,1-2H3/t21-/m0/s1. The first-order chi connectivity index (χ1) is 14.0. The normalized spacial score (nSPS) is 19.7. The van der Waals surface area contributed by atoms with E-state index >= 15 is 0 Å². The second kappa shape index (κ2) is 8.27. The maximum atomic E-state index is 13.0. The number of nitrogens with zero attached hydrogens (tertiary/aromatic N) is 3. The molecular weight excluding hydrogens is 362 g/mol. The fourth-order valence-electron chi connectivity index (χ4n) is 4.35. The summed E-state index contributed by atoms with van der Waals surface area (Å²) >= 11 is 0. The molecule has 29 heavy (non-hydrogen) atoms. The van der Waals surface area contributed by atoms with Gasteiger partial charge in [0.25, 0.3) is 0 Å². The Morgan fingerprint density at radius 1 is 0.966 bits per heavy atom. The van der Waals surface area contributed by atoms with E-state index < -0.39 is 0 Å². The summed E-state index contributed by atoms with van der Waals surface area (Å²) in [7, 11) is 0. The molecule has 0 aliphatic carbocycles. The Labute approximate surface area is 172 Å². The topological polar surface area (TPSA) is 43.9 Å². The van der Waals surface area contributed by atoms with E-state index in [0.717, 1.165) is 31.7 Å². The van der Waals surface area contributed by atoms with Crippen LogP contribution in [0.15, 0.2) is 48.5 Å². The number of carbonyl (C=O) groups is 2. The highest BCUT2D eigenvalue weighted by Gasteiger charge is 2.37. The highest BCUT2D eigenvalue weighted by Crippen LogP contribution is 2.25. The molecular formula is C24H29N3O2. The fraction of sp³-hybridized carbons (Fsp3) is 0.417. The zero-order valence-corrected chi connectivity index (χ0v) is 17.3. The number of aryl methyl sites for hydroxylation is 2. The van der Waals surface area contributed by atoms with Gasteiger partial charge in [-0.1, -0.05) is 48.0 Å². The first-order valence-electron chi connectivity index (χ1n) is 10.4. The molecule has 2 aromatic rings. The van der Waals surface area contributed by atoms with E-state index in [2.05, 4.69) is 67.3 Å². The Bertz CT molecular complexity index is 885. The van der Waals surface area contributed by atoms with Crippen LogP contribution in [0.25, 0.3) is 0 Å². The summed E-state index contributed by atoms with van der Waals surface area (Å²) in [5, 5.41) is 0. The summed E-state index contributed by atoms with van der Waals surface area (Å²) in [6.07, 6.45) is 0.336. The van der Waals surface area contributed by atoms with Gasteiger partial charge in [0.05, 0.1) is 5.92 Å². The highest BCUT2D eigenvalue weighted by molar-refractivity contribution is 5.89. The van der Waals surface area contributed by atoms with Crippen LogP contribution in [-0.2, 0) is 16.1 Å². The summed E-state index contributed by atoms with van der Waals surface area (Å²) in [5.74, 6) is 0.00891. The molecule has 5 nitrogen and oxygen atoms in total. The van der Waals surface area contributed by atoms with Gasteiger partial charge >= 0.3 is 0 Å². The molecule has 2 aliphatic rings. The van der Waals surface area contributed by atoms with Crippen molar-refractivity contribution in [2.75, 3.05) is 37.6 Å². The molecule has 0 radical (unpaired) electrons. The zero-order chi connectivity index (χ0) is 20.4. The summed E-state index contributed by atoms with van der Waals surface area (Å²) in [4.78, 5) is 31.6. The molecule has 2 aromatic carbocycles. The number of piperazine rings is 1. The minimum atomic E-state index is -0.210. The monoisotopic (exact) mass is 391 g/mol. The van der Waals surface area contributed by atoms with E-state index in [-0.39, 0.29) is 17.7 Å². The molecule has 0 aromatic heterocycles. The van der Waals surface area contributed by atoms with Gasteiger partial charge in [0.2, 0.25) is 11.8 Å². The van der Waals surface area contributed by atoms with Gasteiger partial charge in [-0.05, 0) is 31.0 Å². The third kappa shape index (κ3) is 4.29. The number of anilines is 1. The Morgan fingerprint density at radius 2 is 1.66 bits per heavy atom. The predicted molar refractivity (Wildman–Crippen MR) is 115 cm³/mol. The Kier molecular flexibility index (Phi) is 5.56. The fourth-order valence-corrected chi connectivity index (χ4v) is 4.35. The minimum absolute atomic E-state index is 0.0856. The molecule has 1 atom stereocenters. The van der Waals surface area contributed by atoms with Crippen LogP contribution in [-0.4, -0.2) is 54.3 Å². The average Bonchev–Trinajstić information content (AvgIpc) is 3.10. The van der Waals surface area contributed by atoms with Crippen molar-refractivity contribution in [3.05, 3.63) is 65.2 Å². The number of hydrogen-bond acceptors (Lipinski definition) is 3. The highest BCUT2D eigenvalue weighted by atomic mass is 16.2. The van der Waals surface area contributed by atoms with Crippen molar-refractivity contribution in [3.8, 4) is 0 Å². The molecule has 0 N–H and O–H groups in total. The van der Waals surface area contributed by atoms with E-state index in [1.54, 1.807) is 0 Å². The molecule has 0 unspecified atom stereocenters. The lowest BCUT2D eigenvalue weighted by molar-refractivity contribution is -0.136. The predicted octanol–water partition coefficient (Wildman–Crippen LogP) is 3.00. The van der Waals surface area contributed by atoms with Gasteiger partial charge < -0.3 is 14.7 Å². The first-order valence-corrected chi connectivity index (χ1v) is 10.4. The summed E-state index contributed by atoms with van der Waals surface area (Å²) in [6, 6.07) is 16.6. The first kappa shape index (κ1) is 19.5. The van der Waals surface area contributed by atoms with E-state index in [4.69, 9.17) is 0 Å². The minimum Gasteiger partial charge on any atom is -0.368 e. The molecule has 5 heteroatoms. The number of rotatable bonds is 4. The molecule has 152 valence electrons. The van der Waals surface area contributed by atoms with Crippen LogP contribution >= 0.6 is 0 Å². The molecule has 2 saturated heterocycles. The summed E-state index contributed by atoms with van der Waals surface area (Å²) in [5.41, 5.74) is 4.84. The summed E-state index contributed by atoms with van der Waals surface area (Å²) < 4.78 is 0. The van der Waals surface area contributed by atoms with Gasteiger partial charge in [-0.15, -0.1) is 0 Å². The van der Waals surface area contributed by atoms with Gasteiger partial charge in [0, 0.05) is 51.4 Å². The van der Waals surface area contributed by atoms with Crippen molar-refractivity contribution in [1.82, 2.24) is 9.80 Å². The third-order valence-corrected chi connectivity index (χ3v) is 6.11. The van der Waals surface area contributed by atoms with E-state index in [1.807, 2.05) is 9.80 Å². The lowest BCUT2D eigenvalue weighted by atomic mass is 10.1. The van der Waals surface area contributed by atoms with Crippen LogP contribution in [0.4, 0.5) is 5.69 Å². The summed E-state index contributed by atoms with van der Waals surface area (Å²) in [6.45, 7) is 8.41. The van der Waals surface area contributed by atoms with Gasteiger partial charge in [-0.2, -0.15) is 0 Å². The maximum absolute atomic E-state index is 13.0. The number of benzene rings is 2. The van der Waals surface area contributed by atoms with Crippen LogP contribution < -0.4 is 4.90 Å². The lowest BCUT2D eigenvalue weighted by Crippen LogP contribution is -2.50. The van der Waals surface area contributed by atoms with Gasteiger partial charge in [-0.3, -0.25) is 9.59 Å². The van der Waals surface area contributed by atoms with Crippen LogP contribution in [0, 0.1) is 19.8 Å². The number of amides is 2. The van der Waals surface area contributed by atoms with Crippen molar-refractivity contribution in [2.45, 2.75) is 26.8 Å². The maximum Gasteiger partial charge on any atom is 0.228 e. The van der Waals surface area contributed by atoms with Crippen molar-refractivity contribution in [3.63, 3.8) is 0 Å². The van der Waals surface area contributed by atoms with Crippen LogP contribution in [0.5, 0.6) is 0 Å². The number of para-hydroxylation sites is 1. The zero-order valence-electron chi connectivity index (χ0n) is 17.3. The lowest BCUT2D eigenvalue weighted by Gasteiger charge is -2.37. The Hall–Kier alpha value is -2.82. The van der Waals surface area contributed by atoms with E-state index in [0.29, 0.717) is 19.5 Å². The Morgan fingerprint density at radius 3 is 2.34 bits per heavy atom. The number of carbonyl (C=O) groups excluding carboxylic acids is 2. The third-order valence-electron chi connectivity index (χ3n) is 6.11. The van der Waals surface area contributed by atoms with Crippen molar-refractivity contribution >= 4 is 17.5 Å². The van der Waals surface area contributed by atoms with Gasteiger partial charge in [0.1, 0.15) is 0 Å². The van der Waals surface area contributed by atoms with Crippen molar-refractivity contribution in [2.24, 2.45) is 5.92 Å². The second-order valence-corrected chi connectivity index (χ2v) is 8.26. The van der Waals surface area contributed by atoms with Gasteiger partial charge in [-0.25, -0.2) is 0 Å². The largest absolute Gasteiger partial charge is 0.368 e. The van der Waals surface area contributed by atoms with Crippen LogP contribution in [0.1, 0.15) is 23.1 Å². The number of hydrogen-bond donors (Lipinski definition) is 0. The van der Waals surface area contributed by atoms with E-state index in [1.165, 1.54) is 16.8 Å². The smallest absolute Gasteiger partial charge is 0.228 e. The molecule has 2 amide bonds.